The summed E-state index contributed by atoms with van der Waals surface area (Å²) in [6.07, 6.45) is 3.57. The maximum Gasteiger partial charge on any atom is 0.180 e. The zero-order valence-electron chi connectivity index (χ0n) is 16.0. The molecule has 154 valence electrons. The molecule has 0 aliphatic carbocycles. The molecule has 4 nitrogen and oxygen atoms in total. The van der Waals surface area contributed by atoms with E-state index in [1.54, 1.807) is 12.4 Å². The van der Waals surface area contributed by atoms with Crippen LogP contribution in [0.1, 0.15) is 23.6 Å². The smallest absolute Gasteiger partial charge is 0.180 e. The number of halogens is 3. The van der Waals surface area contributed by atoms with Crippen molar-refractivity contribution in [3.8, 4) is 11.5 Å². The van der Waals surface area contributed by atoms with Gasteiger partial charge in [0.05, 0.1) is 11.6 Å². The van der Waals surface area contributed by atoms with Gasteiger partial charge in [-0.15, -0.1) is 12.4 Å². The number of nitrogens with zero attached hydrogens (tertiary/aromatic N) is 1. The average molecular weight is 454 g/mol. The van der Waals surface area contributed by atoms with Crippen LogP contribution < -0.4 is 14.8 Å². The van der Waals surface area contributed by atoms with Gasteiger partial charge in [-0.2, -0.15) is 0 Å². The van der Waals surface area contributed by atoms with Crippen molar-refractivity contribution in [3.63, 3.8) is 0 Å². The average Bonchev–Trinajstić information content (AvgIpc) is 2.70. The molecule has 3 rings (SSSR count). The highest BCUT2D eigenvalue weighted by Gasteiger charge is 2.13. The third-order valence-corrected chi connectivity index (χ3v) is 4.61. The van der Waals surface area contributed by atoms with Crippen molar-refractivity contribution in [1.82, 2.24) is 10.3 Å². The van der Waals surface area contributed by atoms with Crippen molar-refractivity contribution in [2.75, 3.05) is 6.61 Å². The number of nitrogens with one attached hydrogen (secondary N) is 1. The normalized spacial score (nSPS) is 10.3. The molecule has 0 fully saturated rings. The number of ether oxygens (including phenoxy) is 2. The van der Waals surface area contributed by atoms with E-state index in [0.717, 1.165) is 17.7 Å². The molecule has 1 aromatic heterocycles. The fourth-order valence-corrected chi connectivity index (χ4v) is 3.13. The second-order valence-electron chi connectivity index (χ2n) is 6.21. The molecule has 0 spiro atoms. The summed E-state index contributed by atoms with van der Waals surface area (Å²) in [6.45, 7) is 4.27. The molecule has 0 unspecified atom stereocenters. The fourth-order valence-electron chi connectivity index (χ4n) is 2.71. The minimum atomic E-state index is 0. The Morgan fingerprint density at radius 2 is 1.55 bits per heavy atom. The quantitative estimate of drug-likeness (QED) is 0.426. The highest BCUT2D eigenvalue weighted by Crippen LogP contribution is 2.37. The Labute approximate surface area is 187 Å². The number of rotatable bonds is 9. The van der Waals surface area contributed by atoms with Gasteiger partial charge in [0.25, 0.3) is 0 Å². The van der Waals surface area contributed by atoms with E-state index in [1.807, 2.05) is 55.5 Å². The summed E-state index contributed by atoms with van der Waals surface area (Å²) in [4.78, 5) is 4.03. The van der Waals surface area contributed by atoms with Crippen LogP contribution >= 0.6 is 35.6 Å². The van der Waals surface area contributed by atoms with E-state index in [2.05, 4.69) is 10.3 Å². The van der Waals surface area contributed by atoms with Crippen LogP contribution in [0.2, 0.25) is 10.0 Å². The molecule has 0 saturated carbocycles. The highest BCUT2D eigenvalue weighted by molar-refractivity contribution is 6.32. The minimum absolute atomic E-state index is 0. The van der Waals surface area contributed by atoms with Crippen molar-refractivity contribution in [3.05, 3.63) is 87.7 Å². The summed E-state index contributed by atoms with van der Waals surface area (Å²) in [5.41, 5.74) is 3.21. The third-order valence-electron chi connectivity index (χ3n) is 4.07. The largest absolute Gasteiger partial charge is 0.490 e. The van der Waals surface area contributed by atoms with Gasteiger partial charge >= 0.3 is 0 Å². The van der Waals surface area contributed by atoms with Crippen molar-refractivity contribution < 1.29 is 9.47 Å². The molecule has 3 aromatic rings. The molecular weight excluding hydrogens is 431 g/mol. The highest BCUT2D eigenvalue weighted by atomic mass is 35.5. The first kappa shape index (κ1) is 23.3. The van der Waals surface area contributed by atoms with E-state index >= 15 is 0 Å². The molecular formula is C22H23Cl3N2O2. The zero-order chi connectivity index (χ0) is 19.8. The minimum Gasteiger partial charge on any atom is -0.490 e. The molecule has 1 heterocycles. The lowest BCUT2D eigenvalue weighted by molar-refractivity contribution is 0.269. The number of pyridine rings is 1. The lowest BCUT2D eigenvalue weighted by Gasteiger charge is -2.16. The molecule has 0 bridgehead atoms. The monoisotopic (exact) mass is 452 g/mol. The third kappa shape index (κ3) is 7.09. The van der Waals surface area contributed by atoms with Crippen LogP contribution in [0.15, 0.2) is 60.9 Å². The first-order chi connectivity index (χ1) is 13.7. The van der Waals surface area contributed by atoms with E-state index < -0.39 is 0 Å². The molecule has 29 heavy (non-hydrogen) atoms. The van der Waals surface area contributed by atoms with Crippen LogP contribution in [0.3, 0.4) is 0 Å². The Morgan fingerprint density at radius 1 is 0.862 bits per heavy atom. The van der Waals surface area contributed by atoms with Crippen LogP contribution in [0.4, 0.5) is 0 Å². The first-order valence-corrected chi connectivity index (χ1v) is 9.83. The van der Waals surface area contributed by atoms with E-state index in [4.69, 9.17) is 32.7 Å². The van der Waals surface area contributed by atoms with Gasteiger partial charge in [0.2, 0.25) is 0 Å². The van der Waals surface area contributed by atoms with Gasteiger partial charge in [-0.05, 0) is 60.0 Å². The summed E-state index contributed by atoms with van der Waals surface area (Å²) in [5.74, 6) is 1.20. The summed E-state index contributed by atoms with van der Waals surface area (Å²) in [5, 5.41) is 4.63. The second kappa shape index (κ2) is 11.9. The number of benzene rings is 2. The van der Waals surface area contributed by atoms with Crippen molar-refractivity contribution in [2.24, 2.45) is 0 Å². The Bertz CT molecular complexity index is 891. The van der Waals surface area contributed by atoms with Gasteiger partial charge in [-0.25, -0.2) is 0 Å². The second-order valence-corrected chi connectivity index (χ2v) is 7.06. The number of aromatic nitrogens is 1. The first-order valence-electron chi connectivity index (χ1n) is 9.07. The maximum absolute atomic E-state index is 6.50. The summed E-state index contributed by atoms with van der Waals surface area (Å²) >= 11 is 12.4. The molecule has 0 aliphatic rings. The van der Waals surface area contributed by atoms with Crippen LogP contribution in [-0.2, 0) is 19.7 Å². The van der Waals surface area contributed by atoms with Gasteiger partial charge in [0.1, 0.15) is 6.61 Å². The number of hydrogen-bond acceptors (Lipinski definition) is 4. The van der Waals surface area contributed by atoms with Crippen LogP contribution in [-0.4, -0.2) is 11.6 Å². The molecule has 1 N–H and O–H groups in total. The van der Waals surface area contributed by atoms with Gasteiger partial charge in [-0.3, -0.25) is 4.98 Å². The lowest BCUT2D eigenvalue weighted by Crippen LogP contribution is -2.13. The standard InChI is InChI=1S/C22H22Cl2N2O2.ClH/c1-2-27-21-12-18(14-26-13-16-7-9-25-10-8-16)11-20(24)22(21)28-15-17-3-5-19(23)6-4-17;/h3-12,26H,2,13-15H2,1H3;1H. The van der Waals surface area contributed by atoms with Crippen molar-refractivity contribution in [2.45, 2.75) is 26.6 Å². The van der Waals surface area contributed by atoms with Crippen molar-refractivity contribution in [1.29, 1.82) is 0 Å². The van der Waals surface area contributed by atoms with Gasteiger partial charge < -0.3 is 14.8 Å². The molecule has 0 amide bonds. The summed E-state index contributed by atoms with van der Waals surface area (Å²) in [7, 11) is 0. The predicted molar refractivity (Wildman–Crippen MR) is 120 cm³/mol. The Hall–Kier alpha value is -1.98. The van der Waals surface area contributed by atoms with E-state index in [1.165, 1.54) is 5.56 Å². The van der Waals surface area contributed by atoms with Crippen LogP contribution in [0.5, 0.6) is 11.5 Å². The van der Waals surface area contributed by atoms with Crippen LogP contribution in [0, 0.1) is 0 Å². The Morgan fingerprint density at radius 3 is 2.24 bits per heavy atom. The van der Waals surface area contributed by atoms with Crippen molar-refractivity contribution >= 4 is 35.6 Å². The molecule has 0 aliphatic heterocycles. The van der Waals surface area contributed by atoms with Gasteiger partial charge in [-0.1, -0.05) is 35.3 Å². The Kier molecular flexibility index (Phi) is 9.55. The van der Waals surface area contributed by atoms with E-state index in [9.17, 15) is 0 Å². The molecule has 0 atom stereocenters. The number of hydrogen-bond donors (Lipinski definition) is 1. The molecule has 2 aromatic carbocycles. The fraction of sp³-hybridized carbons (Fsp3) is 0.227. The topological polar surface area (TPSA) is 43.4 Å². The SMILES string of the molecule is CCOc1cc(CNCc2ccncc2)cc(Cl)c1OCc1ccc(Cl)cc1.Cl. The molecule has 0 radical (unpaired) electrons. The zero-order valence-corrected chi connectivity index (χ0v) is 18.4. The van der Waals surface area contributed by atoms with Gasteiger partial charge in [0, 0.05) is 30.5 Å². The van der Waals surface area contributed by atoms with E-state index in [-0.39, 0.29) is 12.4 Å². The van der Waals surface area contributed by atoms with E-state index in [0.29, 0.717) is 41.3 Å². The maximum atomic E-state index is 6.50. The predicted octanol–water partition coefficient (Wildman–Crippen LogP) is 6.08. The summed E-state index contributed by atoms with van der Waals surface area (Å²) in [6, 6.07) is 15.4. The van der Waals surface area contributed by atoms with Crippen LogP contribution in [0.25, 0.3) is 0 Å². The molecule has 0 saturated heterocycles. The molecule has 7 heteroatoms. The lowest BCUT2D eigenvalue weighted by atomic mass is 10.2. The summed E-state index contributed by atoms with van der Waals surface area (Å²) < 4.78 is 11.7. The Balaban J connectivity index is 0.00000300. The van der Waals surface area contributed by atoms with Gasteiger partial charge in [0.15, 0.2) is 11.5 Å².